The molecule has 0 aliphatic carbocycles. The highest BCUT2D eigenvalue weighted by molar-refractivity contribution is 5.80. The molecule has 0 aliphatic rings. The van der Waals surface area contributed by atoms with Crippen LogP contribution in [-0.4, -0.2) is 23.9 Å². The zero-order valence-corrected chi connectivity index (χ0v) is 7.86. The van der Waals surface area contributed by atoms with Gasteiger partial charge in [0.2, 0.25) is 5.91 Å². The van der Waals surface area contributed by atoms with Crippen LogP contribution in [0.2, 0.25) is 0 Å². The van der Waals surface area contributed by atoms with Gasteiger partial charge in [0, 0.05) is 7.05 Å². The summed E-state index contributed by atoms with van der Waals surface area (Å²) in [7, 11) is 1.70. The number of nitrogens with two attached hydrogens (primary N) is 1. The van der Waals surface area contributed by atoms with Crippen molar-refractivity contribution in [3.8, 4) is 0 Å². The largest absolute Gasteiger partial charge is 0.467 e. The summed E-state index contributed by atoms with van der Waals surface area (Å²) in [5.41, 5.74) is 5.44. The van der Waals surface area contributed by atoms with Crippen LogP contribution >= 0.6 is 0 Å². The second-order valence-corrected chi connectivity index (χ2v) is 3.06. The number of likely N-dealkylation sites (N-methyl/N-ethyl adjacent to an activating group) is 1. The van der Waals surface area contributed by atoms with Crippen LogP contribution in [0.5, 0.6) is 0 Å². The lowest BCUT2D eigenvalue weighted by atomic mass is 10.3. The van der Waals surface area contributed by atoms with Gasteiger partial charge < -0.3 is 15.1 Å². The van der Waals surface area contributed by atoms with Crippen LogP contribution in [0.3, 0.4) is 0 Å². The number of furan rings is 1. The third-order valence-corrected chi connectivity index (χ3v) is 1.74. The maximum Gasteiger partial charge on any atom is 0.239 e. The van der Waals surface area contributed by atoms with E-state index in [1.165, 1.54) is 0 Å². The zero-order valence-electron chi connectivity index (χ0n) is 7.86. The van der Waals surface area contributed by atoms with Crippen LogP contribution in [0.1, 0.15) is 12.7 Å². The second-order valence-electron chi connectivity index (χ2n) is 3.06. The molecule has 0 saturated heterocycles. The van der Waals surface area contributed by atoms with Crippen molar-refractivity contribution in [3.05, 3.63) is 24.2 Å². The Morgan fingerprint density at radius 1 is 1.77 bits per heavy atom. The first kappa shape index (κ1) is 9.80. The van der Waals surface area contributed by atoms with E-state index >= 15 is 0 Å². The van der Waals surface area contributed by atoms with Crippen LogP contribution in [0.15, 0.2) is 22.8 Å². The molecule has 0 fully saturated rings. The van der Waals surface area contributed by atoms with Gasteiger partial charge in [0.05, 0.1) is 18.8 Å². The summed E-state index contributed by atoms with van der Waals surface area (Å²) >= 11 is 0. The highest BCUT2D eigenvalue weighted by Gasteiger charge is 2.13. The molecule has 0 unspecified atom stereocenters. The Balaban J connectivity index is 2.51. The van der Waals surface area contributed by atoms with Gasteiger partial charge >= 0.3 is 0 Å². The van der Waals surface area contributed by atoms with E-state index in [-0.39, 0.29) is 5.91 Å². The van der Waals surface area contributed by atoms with Gasteiger partial charge in [0.25, 0.3) is 0 Å². The quantitative estimate of drug-likeness (QED) is 0.744. The summed E-state index contributed by atoms with van der Waals surface area (Å²) in [5.74, 6) is 0.674. The van der Waals surface area contributed by atoms with Crippen molar-refractivity contribution in [2.24, 2.45) is 5.73 Å². The molecule has 0 radical (unpaired) electrons. The SMILES string of the molecule is C[C@@H](N)C(=O)N(C)Cc1ccco1. The molecule has 1 aromatic heterocycles. The Labute approximate surface area is 77.3 Å². The fraction of sp³-hybridized carbons (Fsp3) is 0.444. The molecule has 0 saturated carbocycles. The number of hydrogen-bond donors (Lipinski definition) is 1. The van der Waals surface area contributed by atoms with Crippen LogP contribution in [0.25, 0.3) is 0 Å². The highest BCUT2D eigenvalue weighted by Crippen LogP contribution is 2.04. The van der Waals surface area contributed by atoms with E-state index in [0.29, 0.717) is 6.54 Å². The minimum absolute atomic E-state index is 0.0867. The lowest BCUT2D eigenvalue weighted by Crippen LogP contribution is -2.39. The summed E-state index contributed by atoms with van der Waals surface area (Å²) in [5, 5.41) is 0. The molecular formula is C9H14N2O2. The van der Waals surface area contributed by atoms with Gasteiger partial charge in [-0.05, 0) is 19.1 Å². The normalized spacial score (nSPS) is 12.5. The molecule has 1 heterocycles. The van der Waals surface area contributed by atoms with Crippen molar-refractivity contribution in [2.75, 3.05) is 7.05 Å². The Morgan fingerprint density at radius 3 is 2.92 bits per heavy atom. The monoisotopic (exact) mass is 182 g/mol. The number of rotatable bonds is 3. The summed E-state index contributed by atoms with van der Waals surface area (Å²) in [6.07, 6.45) is 1.58. The minimum Gasteiger partial charge on any atom is -0.467 e. The van der Waals surface area contributed by atoms with E-state index in [1.54, 1.807) is 31.2 Å². The fourth-order valence-corrected chi connectivity index (χ4v) is 1.06. The Hall–Kier alpha value is -1.29. The lowest BCUT2D eigenvalue weighted by molar-refractivity contribution is -0.131. The summed E-state index contributed by atoms with van der Waals surface area (Å²) in [4.78, 5) is 12.9. The van der Waals surface area contributed by atoms with Gasteiger partial charge in [-0.2, -0.15) is 0 Å². The van der Waals surface area contributed by atoms with Gasteiger partial charge in [-0.15, -0.1) is 0 Å². The number of hydrogen-bond acceptors (Lipinski definition) is 3. The summed E-state index contributed by atoms with van der Waals surface area (Å²) < 4.78 is 5.10. The van der Waals surface area contributed by atoms with Gasteiger partial charge in [0.15, 0.2) is 0 Å². The molecule has 4 heteroatoms. The zero-order chi connectivity index (χ0) is 9.84. The van der Waals surface area contributed by atoms with Crippen LogP contribution in [0, 0.1) is 0 Å². The Kier molecular flexibility index (Phi) is 3.08. The van der Waals surface area contributed by atoms with Crippen molar-refractivity contribution in [2.45, 2.75) is 19.5 Å². The molecule has 4 nitrogen and oxygen atoms in total. The molecule has 2 N–H and O–H groups in total. The first-order chi connectivity index (χ1) is 6.11. The van der Waals surface area contributed by atoms with Crippen LogP contribution in [0.4, 0.5) is 0 Å². The van der Waals surface area contributed by atoms with Gasteiger partial charge in [0.1, 0.15) is 5.76 Å². The third kappa shape index (κ3) is 2.59. The topological polar surface area (TPSA) is 59.5 Å². The van der Waals surface area contributed by atoms with E-state index in [2.05, 4.69) is 0 Å². The van der Waals surface area contributed by atoms with Crippen molar-refractivity contribution in [1.82, 2.24) is 4.90 Å². The summed E-state index contributed by atoms with van der Waals surface area (Å²) in [6, 6.07) is 3.16. The number of amides is 1. The van der Waals surface area contributed by atoms with Gasteiger partial charge in [-0.3, -0.25) is 4.79 Å². The van der Waals surface area contributed by atoms with Gasteiger partial charge in [-0.1, -0.05) is 0 Å². The average molecular weight is 182 g/mol. The third-order valence-electron chi connectivity index (χ3n) is 1.74. The van der Waals surface area contributed by atoms with E-state index in [4.69, 9.17) is 10.2 Å². The number of carbonyl (C=O) groups excluding carboxylic acids is 1. The first-order valence-electron chi connectivity index (χ1n) is 4.14. The maximum absolute atomic E-state index is 11.3. The van der Waals surface area contributed by atoms with Crippen molar-refractivity contribution in [3.63, 3.8) is 0 Å². The van der Waals surface area contributed by atoms with Gasteiger partial charge in [-0.25, -0.2) is 0 Å². The molecule has 1 rings (SSSR count). The van der Waals surface area contributed by atoms with Crippen molar-refractivity contribution in [1.29, 1.82) is 0 Å². The van der Waals surface area contributed by atoms with E-state index < -0.39 is 6.04 Å². The number of nitrogens with zero attached hydrogens (tertiary/aromatic N) is 1. The highest BCUT2D eigenvalue weighted by atomic mass is 16.3. The van der Waals surface area contributed by atoms with E-state index in [9.17, 15) is 4.79 Å². The average Bonchev–Trinajstić information content (AvgIpc) is 2.55. The Morgan fingerprint density at radius 2 is 2.46 bits per heavy atom. The molecule has 0 aliphatic heterocycles. The van der Waals surface area contributed by atoms with Crippen LogP contribution < -0.4 is 5.73 Å². The predicted molar refractivity (Wildman–Crippen MR) is 48.8 cm³/mol. The predicted octanol–water partition coefficient (Wildman–Crippen LogP) is 0.585. The fourth-order valence-electron chi connectivity index (χ4n) is 1.06. The van der Waals surface area contributed by atoms with Crippen LogP contribution in [-0.2, 0) is 11.3 Å². The molecule has 1 atom stereocenters. The number of carbonyl (C=O) groups is 1. The minimum atomic E-state index is -0.458. The smallest absolute Gasteiger partial charge is 0.239 e. The molecule has 0 aromatic carbocycles. The molecule has 0 spiro atoms. The first-order valence-corrected chi connectivity index (χ1v) is 4.14. The molecule has 1 aromatic rings. The molecule has 72 valence electrons. The lowest BCUT2D eigenvalue weighted by Gasteiger charge is -2.17. The maximum atomic E-state index is 11.3. The summed E-state index contributed by atoms with van der Waals surface area (Å²) in [6.45, 7) is 2.13. The molecule has 13 heavy (non-hydrogen) atoms. The van der Waals surface area contributed by atoms with E-state index in [1.807, 2.05) is 6.07 Å². The Bertz CT molecular complexity index is 267. The van der Waals surface area contributed by atoms with Crippen molar-refractivity contribution >= 4 is 5.91 Å². The standard InChI is InChI=1S/C9H14N2O2/c1-7(10)9(12)11(2)6-8-4-3-5-13-8/h3-5,7H,6,10H2,1-2H3/t7-/m1/s1. The second kappa shape index (κ2) is 4.09. The molecular weight excluding hydrogens is 168 g/mol. The van der Waals surface area contributed by atoms with E-state index in [0.717, 1.165) is 5.76 Å². The van der Waals surface area contributed by atoms with Crippen molar-refractivity contribution < 1.29 is 9.21 Å². The molecule has 1 amide bonds. The molecule has 0 bridgehead atoms.